The molecule has 0 radical (unpaired) electrons. The van der Waals surface area contributed by atoms with Gasteiger partial charge in [0.1, 0.15) is 11.6 Å². The number of ether oxygens (including phenoxy) is 1. The summed E-state index contributed by atoms with van der Waals surface area (Å²) in [5.41, 5.74) is 1.67. The molecule has 0 aliphatic heterocycles. The molecule has 0 aliphatic rings. The molecular weight excluding hydrogens is 391 g/mol. The van der Waals surface area contributed by atoms with Crippen LogP contribution in [0.1, 0.15) is 25.5 Å². The minimum Gasteiger partial charge on any atom is -0.496 e. The highest BCUT2D eigenvalue weighted by atomic mass is 32.2. The van der Waals surface area contributed by atoms with Gasteiger partial charge in [-0.1, -0.05) is 36.0 Å². The van der Waals surface area contributed by atoms with Crippen LogP contribution >= 0.6 is 11.8 Å². The minimum absolute atomic E-state index is 0.131. The zero-order chi connectivity index (χ0) is 21.0. The van der Waals surface area contributed by atoms with Gasteiger partial charge in [-0.15, -0.1) is 10.2 Å². The average Bonchev–Trinajstić information content (AvgIpc) is 3.08. The number of carbonyl (C=O) groups is 1. The van der Waals surface area contributed by atoms with Crippen LogP contribution in [0.25, 0.3) is 11.4 Å². The molecular formula is C21H23FN4O2S. The molecule has 29 heavy (non-hydrogen) atoms. The summed E-state index contributed by atoms with van der Waals surface area (Å²) in [5.74, 6) is 0.939. The molecule has 0 saturated carbocycles. The van der Waals surface area contributed by atoms with E-state index >= 15 is 0 Å². The molecule has 3 aromatic rings. The predicted molar refractivity (Wildman–Crippen MR) is 111 cm³/mol. The van der Waals surface area contributed by atoms with Crippen LogP contribution in [-0.4, -0.2) is 33.0 Å². The molecule has 152 valence electrons. The van der Waals surface area contributed by atoms with Crippen molar-refractivity contribution in [2.75, 3.05) is 7.11 Å². The summed E-state index contributed by atoms with van der Waals surface area (Å²) in [6, 6.07) is 13.5. The van der Waals surface area contributed by atoms with Crippen molar-refractivity contribution in [1.29, 1.82) is 0 Å². The van der Waals surface area contributed by atoms with Crippen molar-refractivity contribution in [3.05, 3.63) is 59.9 Å². The molecule has 2 atom stereocenters. The normalized spacial score (nSPS) is 13.0. The number of benzene rings is 2. The van der Waals surface area contributed by atoms with Crippen molar-refractivity contribution in [3.63, 3.8) is 0 Å². The molecule has 1 heterocycles. The van der Waals surface area contributed by atoms with Gasteiger partial charge < -0.3 is 14.6 Å². The van der Waals surface area contributed by atoms with Crippen LogP contribution in [-0.2, 0) is 11.8 Å². The van der Waals surface area contributed by atoms with Crippen LogP contribution in [0, 0.1) is 5.82 Å². The fourth-order valence-electron chi connectivity index (χ4n) is 2.86. The first-order valence-corrected chi connectivity index (χ1v) is 10.0. The number of hydrogen-bond acceptors (Lipinski definition) is 5. The van der Waals surface area contributed by atoms with Gasteiger partial charge in [0.05, 0.1) is 24.0 Å². The van der Waals surface area contributed by atoms with E-state index in [-0.39, 0.29) is 23.0 Å². The molecule has 0 spiro atoms. The van der Waals surface area contributed by atoms with Gasteiger partial charge in [0, 0.05) is 7.05 Å². The Morgan fingerprint density at radius 2 is 1.83 bits per heavy atom. The molecule has 0 saturated heterocycles. The van der Waals surface area contributed by atoms with Crippen molar-refractivity contribution in [3.8, 4) is 17.1 Å². The van der Waals surface area contributed by atoms with E-state index in [1.807, 2.05) is 49.7 Å². The van der Waals surface area contributed by atoms with Gasteiger partial charge >= 0.3 is 0 Å². The number of nitrogens with one attached hydrogen (secondary N) is 1. The van der Waals surface area contributed by atoms with E-state index in [9.17, 15) is 9.18 Å². The third kappa shape index (κ3) is 4.76. The van der Waals surface area contributed by atoms with Crippen molar-refractivity contribution in [2.24, 2.45) is 7.05 Å². The maximum atomic E-state index is 13.1. The van der Waals surface area contributed by atoms with Crippen LogP contribution in [0.15, 0.2) is 53.7 Å². The molecule has 1 amide bonds. The molecule has 0 fully saturated rings. The van der Waals surface area contributed by atoms with Gasteiger partial charge in [0.15, 0.2) is 11.0 Å². The number of nitrogens with zero attached hydrogens (tertiary/aromatic N) is 3. The zero-order valence-corrected chi connectivity index (χ0v) is 17.5. The third-order valence-electron chi connectivity index (χ3n) is 4.56. The standard InChI is InChI=1S/C21H23FN4O2S/c1-13(15-9-11-16(22)12-10-15)23-20(27)14(2)29-21-25-24-19(26(21)3)17-7-5-6-8-18(17)28-4/h5-14H,1-4H3,(H,23,27)/t13-,14+/m0/s1. The Bertz CT molecular complexity index is 991. The maximum Gasteiger partial charge on any atom is 0.233 e. The second-order valence-corrected chi connectivity index (χ2v) is 7.92. The van der Waals surface area contributed by atoms with Gasteiger partial charge in [0.25, 0.3) is 0 Å². The van der Waals surface area contributed by atoms with Gasteiger partial charge in [0.2, 0.25) is 5.91 Å². The van der Waals surface area contributed by atoms with E-state index in [4.69, 9.17) is 4.74 Å². The minimum atomic E-state index is -0.383. The summed E-state index contributed by atoms with van der Waals surface area (Å²) in [6.45, 7) is 3.68. The number of hydrogen-bond donors (Lipinski definition) is 1. The number of para-hydroxylation sites is 1. The van der Waals surface area contributed by atoms with Crippen LogP contribution < -0.4 is 10.1 Å². The molecule has 1 N–H and O–H groups in total. The second-order valence-electron chi connectivity index (χ2n) is 6.61. The second kappa shape index (κ2) is 9.09. The number of rotatable bonds is 7. The number of halogens is 1. The Hall–Kier alpha value is -2.87. The van der Waals surface area contributed by atoms with E-state index < -0.39 is 0 Å². The first-order valence-electron chi connectivity index (χ1n) is 9.16. The Labute approximate surface area is 173 Å². The van der Waals surface area contributed by atoms with Crippen molar-refractivity contribution < 1.29 is 13.9 Å². The lowest BCUT2D eigenvalue weighted by atomic mass is 10.1. The van der Waals surface area contributed by atoms with Gasteiger partial charge in [-0.05, 0) is 43.7 Å². The van der Waals surface area contributed by atoms with E-state index in [1.165, 1.54) is 23.9 Å². The number of amides is 1. The third-order valence-corrected chi connectivity index (χ3v) is 5.70. The molecule has 8 heteroatoms. The van der Waals surface area contributed by atoms with Gasteiger partial charge in [-0.25, -0.2) is 4.39 Å². The number of aromatic nitrogens is 3. The van der Waals surface area contributed by atoms with E-state index in [0.29, 0.717) is 16.7 Å². The lowest BCUT2D eigenvalue weighted by Gasteiger charge is -2.17. The van der Waals surface area contributed by atoms with E-state index in [1.54, 1.807) is 19.2 Å². The van der Waals surface area contributed by atoms with Crippen molar-refractivity contribution >= 4 is 17.7 Å². The predicted octanol–water partition coefficient (Wildman–Crippen LogP) is 3.99. The summed E-state index contributed by atoms with van der Waals surface area (Å²) in [6.07, 6.45) is 0. The highest BCUT2D eigenvalue weighted by Crippen LogP contribution is 2.31. The lowest BCUT2D eigenvalue weighted by molar-refractivity contribution is -0.120. The first kappa shape index (κ1) is 20.9. The summed E-state index contributed by atoms with van der Waals surface area (Å²) in [4.78, 5) is 12.6. The molecule has 3 rings (SSSR count). The van der Waals surface area contributed by atoms with Crippen LogP contribution in [0.5, 0.6) is 5.75 Å². The van der Waals surface area contributed by atoms with E-state index in [0.717, 1.165) is 11.1 Å². The highest BCUT2D eigenvalue weighted by Gasteiger charge is 2.22. The summed E-state index contributed by atoms with van der Waals surface area (Å²) >= 11 is 1.32. The quantitative estimate of drug-likeness (QED) is 0.592. The molecule has 0 aliphatic carbocycles. The fourth-order valence-corrected chi connectivity index (χ4v) is 3.68. The molecule has 0 unspecified atom stereocenters. The highest BCUT2D eigenvalue weighted by molar-refractivity contribution is 8.00. The summed E-state index contributed by atoms with van der Waals surface area (Å²) in [7, 11) is 3.47. The molecule has 2 aromatic carbocycles. The smallest absolute Gasteiger partial charge is 0.233 e. The largest absolute Gasteiger partial charge is 0.496 e. The Morgan fingerprint density at radius 3 is 2.52 bits per heavy atom. The Kier molecular flexibility index (Phi) is 6.53. The monoisotopic (exact) mass is 414 g/mol. The fraction of sp³-hybridized carbons (Fsp3) is 0.286. The molecule has 0 bridgehead atoms. The number of carbonyl (C=O) groups excluding carboxylic acids is 1. The van der Waals surface area contributed by atoms with Crippen LogP contribution in [0.3, 0.4) is 0 Å². The summed E-state index contributed by atoms with van der Waals surface area (Å²) in [5, 5.41) is 11.7. The Morgan fingerprint density at radius 1 is 1.14 bits per heavy atom. The van der Waals surface area contributed by atoms with E-state index in [2.05, 4.69) is 15.5 Å². The first-order chi connectivity index (χ1) is 13.9. The van der Waals surface area contributed by atoms with Crippen molar-refractivity contribution in [2.45, 2.75) is 30.3 Å². The average molecular weight is 415 g/mol. The summed E-state index contributed by atoms with van der Waals surface area (Å²) < 4.78 is 20.3. The van der Waals surface area contributed by atoms with Gasteiger partial charge in [-0.3, -0.25) is 4.79 Å². The zero-order valence-electron chi connectivity index (χ0n) is 16.7. The maximum absolute atomic E-state index is 13.1. The van der Waals surface area contributed by atoms with Gasteiger partial charge in [-0.2, -0.15) is 0 Å². The topological polar surface area (TPSA) is 69.0 Å². The lowest BCUT2D eigenvalue weighted by Crippen LogP contribution is -2.33. The van der Waals surface area contributed by atoms with Crippen LogP contribution in [0.4, 0.5) is 4.39 Å². The SMILES string of the molecule is COc1ccccc1-c1nnc(S[C@H](C)C(=O)N[C@@H](C)c2ccc(F)cc2)n1C. The number of thioether (sulfide) groups is 1. The van der Waals surface area contributed by atoms with Crippen molar-refractivity contribution in [1.82, 2.24) is 20.1 Å². The molecule has 1 aromatic heterocycles. The number of methoxy groups -OCH3 is 1. The Balaban J connectivity index is 1.69. The van der Waals surface area contributed by atoms with Crippen LogP contribution in [0.2, 0.25) is 0 Å². The molecule has 6 nitrogen and oxygen atoms in total.